The van der Waals surface area contributed by atoms with Gasteiger partial charge in [0.1, 0.15) is 43.0 Å². The summed E-state index contributed by atoms with van der Waals surface area (Å²) in [5.74, 6) is -4.43. The van der Waals surface area contributed by atoms with E-state index in [1.54, 1.807) is 51.6 Å². The van der Waals surface area contributed by atoms with Crippen molar-refractivity contribution in [2.75, 3.05) is 168 Å². The maximum atomic E-state index is 14.5. The van der Waals surface area contributed by atoms with Crippen LogP contribution >= 0.6 is 21.6 Å². The molecule has 44 nitrogen and oxygen atoms in total. The van der Waals surface area contributed by atoms with Crippen molar-refractivity contribution in [3.63, 3.8) is 0 Å². The zero-order valence-electron chi connectivity index (χ0n) is 85.2. The molecule has 139 heavy (non-hydrogen) atoms. The van der Waals surface area contributed by atoms with Gasteiger partial charge in [-0.05, 0) is 112 Å². The molecule has 1 aromatic heterocycles. The molecule has 46 heteroatoms. The number of aliphatic hydroxyl groups excluding tert-OH is 5. The number of nitrogens with zero attached hydrogens (tertiary/aromatic N) is 4. The van der Waals surface area contributed by atoms with Gasteiger partial charge in [-0.25, -0.2) is 24.2 Å². The number of aromatic nitrogens is 1. The summed E-state index contributed by atoms with van der Waals surface area (Å²) in [5, 5.41) is 75.3. The normalized spacial score (nSPS) is 16.0. The summed E-state index contributed by atoms with van der Waals surface area (Å²) >= 11 is 0. The minimum absolute atomic E-state index is 0.00388. The van der Waals surface area contributed by atoms with E-state index < -0.39 is 134 Å². The first-order valence-electron chi connectivity index (χ1n) is 47.1. The van der Waals surface area contributed by atoms with E-state index in [9.17, 15) is 62.6 Å². The van der Waals surface area contributed by atoms with E-state index >= 15 is 0 Å². The lowest BCUT2D eigenvalue weighted by molar-refractivity contribution is -0.181. The molecule has 14 N–H and O–H groups in total. The maximum Gasteiger partial charge on any atom is 0.407 e. The van der Waals surface area contributed by atoms with Crippen molar-refractivity contribution >= 4 is 93.2 Å². The van der Waals surface area contributed by atoms with Crippen LogP contribution in [0.25, 0.3) is 0 Å². The van der Waals surface area contributed by atoms with Crippen molar-refractivity contribution in [2.24, 2.45) is 23.7 Å². The van der Waals surface area contributed by atoms with E-state index in [4.69, 9.17) is 91.8 Å². The number of esters is 1. The lowest BCUT2D eigenvalue weighted by Crippen LogP contribution is -2.59. The molecule has 0 radical (unpaired) electrons. The van der Waals surface area contributed by atoms with E-state index in [1.807, 2.05) is 137 Å². The molecule has 1 aromatic carbocycles. The number of ether oxygens (including phenoxy) is 14. The fraction of sp³-hybridized carbons (Fsp3) is 0.753. The van der Waals surface area contributed by atoms with Crippen LogP contribution in [0.5, 0.6) is 0 Å². The number of likely N-dealkylation sites (tertiary alicyclic amines) is 1. The zero-order valence-corrected chi connectivity index (χ0v) is 86.8. The smallest absolute Gasteiger partial charge is 0.407 e. The van der Waals surface area contributed by atoms with Gasteiger partial charge in [-0.2, -0.15) is 0 Å². The highest BCUT2D eigenvalue weighted by atomic mass is 33.1. The third-order valence-electron chi connectivity index (χ3n) is 21.9. The maximum absolute atomic E-state index is 14.5. The highest BCUT2D eigenvalue weighted by molar-refractivity contribution is 8.76. The van der Waals surface area contributed by atoms with Crippen molar-refractivity contribution in [3.05, 3.63) is 60.3 Å². The molecule has 9 unspecified atom stereocenters. The van der Waals surface area contributed by atoms with Crippen LogP contribution in [0.15, 0.2) is 59.8 Å². The van der Waals surface area contributed by atoms with Crippen LogP contribution in [-0.4, -0.2) is 388 Å². The predicted octanol–water partition coefficient (Wildman–Crippen LogP) is 4.29. The Labute approximate surface area is 827 Å². The lowest BCUT2D eigenvalue weighted by atomic mass is 9.89. The molecular weight excluding hydrogens is 1860 g/mol. The Hall–Kier alpha value is -8.53. The van der Waals surface area contributed by atoms with Gasteiger partial charge in [0.25, 0.3) is 0 Å². The van der Waals surface area contributed by atoms with Gasteiger partial charge in [0.15, 0.2) is 25.2 Å². The van der Waals surface area contributed by atoms with Gasteiger partial charge in [-0.3, -0.25) is 43.3 Å². The molecule has 0 spiro atoms. The third kappa shape index (κ3) is 55.6. The van der Waals surface area contributed by atoms with Crippen LogP contribution < -0.4 is 42.5 Å². The summed E-state index contributed by atoms with van der Waals surface area (Å²) in [6.45, 7) is 22.1. The molecular formula is C93H164N12O32S2. The Bertz CT molecular complexity index is 3660. The first kappa shape index (κ1) is 130. The molecule has 1 saturated heterocycles. The van der Waals surface area contributed by atoms with E-state index in [0.29, 0.717) is 58.0 Å². The Kier molecular flexibility index (Phi) is 73.3. The Balaban J connectivity index is 0.00000257. The predicted molar refractivity (Wildman–Crippen MR) is 518 cm³/mol. The Morgan fingerprint density at radius 2 is 1.01 bits per heavy atom. The molecule has 0 saturated carbocycles. The number of hydrogen-bond acceptors (Lipinski definition) is 35. The molecule has 1 fully saturated rings. The van der Waals surface area contributed by atoms with E-state index in [-0.39, 0.29) is 184 Å². The Morgan fingerprint density at radius 3 is 1.45 bits per heavy atom. The summed E-state index contributed by atoms with van der Waals surface area (Å²) < 4.78 is 73.5. The van der Waals surface area contributed by atoms with Gasteiger partial charge in [0.2, 0.25) is 41.4 Å². The first-order valence-corrected chi connectivity index (χ1v) is 49.5. The molecule has 2 aromatic rings. The highest BCUT2D eigenvalue weighted by Crippen LogP contribution is 2.31. The van der Waals surface area contributed by atoms with Crippen molar-refractivity contribution < 1.29 is 154 Å². The summed E-state index contributed by atoms with van der Waals surface area (Å²) in [7, 11) is 17.2. The largest absolute Gasteiger partial charge is 0.481 e. The van der Waals surface area contributed by atoms with Gasteiger partial charge >= 0.3 is 30.2 Å². The molecule has 0 bridgehead atoms. The Morgan fingerprint density at radius 1 is 0.518 bits per heavy atom. The number of aliphatic hydroxyl groups is 5. The number of likely N-dealkylation sites (N-methyl/N-ethyl adjacent to an activating group) is 2. The number of carboxylic acid groups (broad SMARTS) is 1. The summed E-state index contributed by atoms with van der Waals surface area (Å²) in [5.41, 5.74) is 0.798. The number of aliphatic carboxylic acids is 1. The summed E-state index contributed by atoms with van der Waals surface area (Å²) in [6.07, 6.45) is -1.97. The SMILES string of the molecule is CCC(CO)OC(CO)OC.CCC(CO)OC(COC(=O)NCCC(=O)NCCSSc1ccccn1)OC.CCC(CO)OC(COC(=O)NCCC(=O)N[C@@H](C)C(=O)OCCCNC(=O)[C@@H](Cc1ccccc1)NC(=O)[C@H](C)[C@@H](OC)[C@@H]1CCCN1C(=O)C[C@@H](OC)C([C@@H](C)CC)N(C)C(=O)[C@@H](NC(=O)[C@H](C(C)C)N(C)C)C(C)C)OC.CCC(CO)OC(COC(=O)NCCC(=O)O)OC. The van der Waals surface area contributed by atoms with Gasteiger partial charge in [-0.15, -0.1) is 0 Å². The van der Waals surface area contributed by atoms with E-state index in [1.165, 1.54) is 49.6 Å². The van der Waals surface area contributed by atoms with Crippen molar-refractivity contribution in [1.29, 1.82) is 0 Å². The summed E-state index contributed by atoms with van der Waals surface area (Å²) in [4.78, 5) is 162. The number of rotatable bonds is 68. The number of carbonyl (C=O) groups is 12. The van der Waals surface area contributed by atoms with Crippen LogP contribution in [0.4, 0.5) is 14.4 Å². The van der Waals surface area contributed by atoms with Gasteiger partial charge in [0, 0.05) is 120 Å². The van der Waals surface area contributed by atoms with E-state index in [0.717, 1.165) is 16.3 Å². The molecule has 2 heterocycles. The molecule has 3 rings (SSSR count). The number of amides is 10. The van der Waals surface area contributed by atoms with Crippen LogP contribution in [0, 0.1) is 23.7 Å². The minimum Gasteiger partial charge on any atom is -0.481 e. The fourth-order valence-electron chi connectivity index (χ4n) is 13.7. The molecule has 0 aliphatic carbocycles. The first-order chi connectivity index (χ1) is 66.3. The third-order valence-corrected chi connectivity index (χ3v) is 24.1. The number of nitrogens with one attached hydrogen (secondary N) is 8. The second-order valence-electron chi connectivity index (χ2n) is 33.2. The van der Waals surface area contributed by atoms with Crippen molar-refractivity contribution in [2.45, 2.75) is 270 Å². The number of methoxy groups -OCH3 is 6. The highest BCUT2D eigenvalue weighted by Gasteiger charge is 2.44. The number of hydrogen-bond donors (Lipinski definition) is 14. The number of carboxylic acids is 1. The van der Waals surface area contributed by atoms with Crippen LogP contribution in [-0.2, 0) is 116 Å². The molecule has 800 valence electrons. The average molecular weight is 2030 g/mol. The average Bonchev–Trinajstić information content (AvgIpc) is 1.62. The molecule has 10 amide bonds. The van der Waals surface area contributed by atoms with Crippen molar-refractivity contribution in [1.82, 2.24) is 62.2 Å². The monoisotopic (exact) mass is 2030 g/mol. The van der Waals surface area contributed by atoms with Crippen LogP contribution in [0.3, 0.4) is 0 Å². The standard InChI is InChI=1S/C57H98N8O15.C18H29N3O6S2.C11H21NO7.C7H16O4/c1-16-37(7)50(64(12)55(72)48(35(3)4)62-54(71)49(36(5)6)63(10)11)44(75-13)32-46(68)65-29-21-25-43(65)51(77-15)38(8)52(69)61-42(31-40-23-19-18-20-24-40)53(70)58-27-22-30-78-56(73)39(9)60-45(67)26-28-59-57(74)79-34-47(76-14)80-41(17-2)33-66;1-3-14(12-22)27-17(25-2)13-26-18(24)21-9-7-15(23)19-10-11-28-29-16-6-4-5-8-20-16;1-3-8(6-13)19-10(17-2)7-18-11(16)12-5-4-9(14)15;1-3-6(4-8)11-7(5-9)10-2/h18-20,23-24,35-39,41-44,47-51,66H,16-17,21-22,25-34H2,1-15H3,(H,58,70)(H,59,74)(H,60,67)(H,61,69)(H,62,71);4-6,8,14,17,22H,3,7,9-13H2,1-2H3,(H,19,23)(H,21,24);8,10,13H,3-7H2,1-2H3,(H,12,16)(H,14,15);6-9H,3-5H2,1-2H3/t37-,38+,39-,41?,42+,43-,44+,47?,48-,49-,50?,51+;;;/m0.../s1. The molecule has 1 aliphatic rings. The molecule has 18 atom stereocenters. The van der Waals surface area contributed by atoms with Crippen molar-refractivity contribution in [3.8, 4) is 0 Å². The number of carbonyl (C=O) groups excluding carboxylic acids is 11. The van der Waals surface area contributed by atoms with Gasteiger partial charge in [-0.1, -0.05) is 130 Å². The second kappa shape index (κ2) is 78.0. The number of pyridine rings is 1. The second-order valence-corrected chi connectivity index (χ2v) is 35.6. The zero-order chi connectivity index (χ0) is 105. The van der Waals surface area contributed by atoms with E-state index in [2.05, 4.69) is 47.5 Å². The minimum atomic E-state index is -1.01. The molecule has 1 aliphatic heterocycles. The van der Waals surface area contributed by atoms with Crippen LogP contribution in [0.1, 0.15) is 166 Å². The summed E-state index contributed by atoms with van der Waals surface area (Å²) in [6, 6.07) is 10.6. The number of benzene rings is 1. The topological polar surface area (TPSA) is 574 Å². The fourth-order valence-corrected chi connectivity index (χ4v) is 15.5. The van der Waals surface area contributed by atoms with Crippen LogP contribution in [0.2, 0.25) is 0 Å². The lowest BCUT2D eigenvalue weighted by Gasteiger charge is -2.41. The van der Waals surface area contributed by atoms with Gasteiger partial charge < -0.3 is 149 Å². The quantitative estimate of drug-likeness (QED) is 0.0144. The number of alkyl carbamates (subject to hydrolysis) is 3. The van der Waals surface area contributed by atoms with Gasteiger partial charge in [0.05, 0.1) is 113 Å².